The first-order chi connectivity index (χ1) is 16.5. The molecule has 2 rings (SSSR count). The highest BCUT2D eigenvalue weighted by Crippen LogP contribution is 2.33. The number of rotatable bonds is 10. The van der Waals surface area contributed by atoms with Crippen LogP contribution in [0.5, 0.6) is 11.5 Å². The van der Waals surface area contributed by atoms with E-state index in [1.54, 1.807) is 14.0 Å². The maximum atomic E-state index is 13.3. The molecule has 0 aliphatic rings. The molecule has 7 heteroatoms. The summed E-state index contributed by atoms with van der Waals surface area (Å²) in [5.41, 5.74) is 3.58. The van der Waals surface area contributed by atoms with Crippen molar-refractivity contribution in [3.63, 3.8) is 0 Å². The number of nitrogens with zero attached hydrogens (tertiary/aromatic N) is 2. The second-order valence-corrected chi connectivity index (χ2v) is 9.70. The first-order valence-electron chi connectivity index (χ1n) is 12.1. The second-order valence-electron chi connectivity index (χ2n) is 9.70. The van der Waals surface area contributed by atoms with Crippen molar-refractivity contribution < 1.29 is 14.3 Å². The topological polar surface area (TPSA) is 98.3 Å². The number of hydrogen-bond acceptors (Lipinski definition) is 6. The van der Waals surface area contributed by atoms with Crippen LogP contribution in [0.4, 0.5) is 11.4 Å². The summed E-state index contributed by atoms with van der Waals surface area (Å²) < 4.78 is 11.7. The molecule has 0 spiro atoms. The van der Waals surface area contributed by atoms with Crippen molar-refractivity contribution in [3.05, 3.63) is 47.5 Å². The van der Waals surface area contributed by atoms with Crippen LogP contribution in [-0.4, -0.2) is 30.5 Å². The minimum absolute atomic E-state index is 0.0290. The fraction of sp³-hybridized carbons (Fsp3) is 0.464. The quantitative estimate of drug-likeness (QED) is 0.237. The van der Waals surface area contributed by atoms with Crippen LogP contribution in [0.25, 0.3) is 0 Å². The Labute approximate surface area is 209 Å². The summed E-state index contributed by atoms with van der Waals surface area (Å²) in [5.74, 6) is 6.41. The minimum Gasteiger partial charge on any atom is -0.494 e. The molecule has 1 unspecified atom stereocenters. The number of hydrogen-bond donors (Lipinski definition) is 2. The van der Waals surface area contributed by atoms with Gasteiger partial charge in [-0.15, -0.1) is 0 Å². The summed E-state index contributed by atoms with van der Waals surface area (Å²) in [6.07, 6.45) is 2.89. The summed E-state index contributed by atoms with van der Waals surface area (Å²) in [5, 5.41) is 6.72. The van der Waals surface area contributed by atoms with Crippen molar-refractivity contribution in [3.8, 4) is 11.5 Å². The Morgan fingerprint density at radius 1 is 1.11 bits per heavy atom. The normalized spacial score (nSPS) is 13.4. The number of carbonyl (C=O) groups is 1. The highest BCUT2D eigenvalue weighted by Gasteiger charge is 2.22. The van der Waals surface area contributed by atoms with Crippen LogP contribution in [0.3, 0.4) is 0 Å². The van der Waals surface area contributed by atoms with Gasteiger partial charge in [-0.05, 0) is 67.5 Å². The van der Waals surface area contributed by atoms with Gasteiger partial charge in [-0.2, -0.15) is 5.10 Å². The van der Waals surface area contributed by atoms with E-state index in [0.717, 1.165) is 30.4 Å². The average molecular weight is 481 g/mol. The van der Waals surface area contributed by atoms with Crippen molar-refractivity contribution >= 4 is 28.7 Å². The van der Waals surface area contributed by atoms with E-state index in [1.807, 2.05) is 43.3 Å². The molecule has 0 saturated heterocycles. The second kappa shape index (κ2) is 12.4. The summed E-state index contributed by atoms with van der Waals surface area (Å²) in [7, 11) is 1.58. The third-order valence-corrected chi connectivity index (χ3v) is 5.76. The van der Waals surface area contributed by atoms with Crippen LogP contribution in [0.2, 0.25) is 0 Å². The molecule has 0 aromatic heterocycles. The molecule has 0 fully saturated rings. The number of ether oxygens (including phenoxy) is 2. The van der Waals surface area contributed by atoms with Crippen molar-refractivity contribution in [1.29, 1.82) is 0 Å². The molecule has 190 valence electrons. The van der Waals surface area contributed by atoms with E-state index >= 15 is 0 Å². The molecule has 0 saturated carbocycles. The highest BCUT2D eigenvalue weighted by molar-refractivity contribution is 6.68. The van der Waals surface area contributed by atoms with Crippen molar-refractivity contribution in [2.75, 3.05) is 12.4 Å². The Kier molecular flexibility index (Phi) is 9.87. The third kappa shape index (κ3) is 7.57. The van der Waals surface area contributed by atoms with Gasteiger partial charge in [0.1, 0.15) is 17.2 Å². The zero-order valence-corrected chi connectivity index (χ0v) is 22.4. The molecule has 3 N–H and O–H groups in total. The van der Waals surface area contributed by atoms with Crippen LogP contribution < -0.4 is 20.6 Å². The molecule has 1 atom stereocenters. The Bertz CT molecular complexity index is 1080. The molecular formula is C28H40N4O3. The Morgan fingerprint density at radius 2 is 1.80 bits per heavy atom. The van der Waals surface area contributed by atoms with E-state index in [4.69, 9.17) is 15.3 Å². The smallest absolute Gasteiger partial charge is 0.278 e. The van der Waals surface area contributed by atoms with Gasteiger partial charge in [0, 0.05) is 0 Å². The largest absolute Gasteiger partial charge is 0.494 e. The molecule has 2 aromatic carbocycles. The van der Waals surface area contributed by atoms with Gasteiger partial charge in [0.15, 0.2) is 5.71 Å². The summed E-state index contributed by atoms with van der Waals surface area (Å²) in [4.78, 5) is 17.9. The Morgan fingerprint density at radius 3 is 2.37 bits per heavy atom. The van der Waals surface area contributed by atoms with Crippen LogP contribution in [0.1, 0.15) is 71.9 Å². The van der Waals surface area contributed by atoms with Crippen LogP contribution in [-0.2, 0) is 10.2 Å². The molecule has 35 heavy (non-hydrogen) atoms. The number of hydrazone groups is 1. The number of amides is 1. The predicted octanol–water partition coefficient (Wildman–Crippen LogP) is 6.30. The average Bonchev–Trinajstić information content (AvgIpc) is 2.79. The van der Waals surface area contributed by atoms with E-state index in [-0.39, 0.29) is 17.2 Å². The number of nitrogens with two attached hydrogens (primary N) is 1. The number of anilines is 1. The maximum Gasteiger partial charge on any atom is 0.278 e. The van der Waals surface area contributed by atoms with Gasteiger partial charge in [-0.1, -0.05) is 53.2 Å². The molecule has 0 aliphatic heterocycles. The molecule has 0 heterocycles. The number of nitrogens with one attached hydrogen (secondary N) is 1. The summed E-state index contributed by atoms with van der Waals surface area (Å²) >= 11 is 0. The minimum atomic E-state index is -0.459. The van der Waals surface area contributed by atoms with Crippen molar-refractivity contribution in [1.82, 2.24) is 0 Å². The lowest BCUT2D eigenvalue weighted by Crippen LogP contribution is -2.30. The molecule has 7 nitrogen and oxygen atoms in total. The number of carbonyl (C=O) groups excluding carboxylic acids is 1. The van der Waals surface area contributed by atoms with Gasteiger partial charge < -0.3 is 20.6 Å². The standard InChI is InChI=1S/C28H40N4O3/c1-9-11-21(10-2)35-25-15-13-20(28(5,6)7)17-23(25)31-27(33)26(32-29)19(4)30-22-16-18(3)12-14-24(22)34-8/h12-17,21H,9-11,29H2,1-8H3,(H,31,33)/b30-19?,32-26+. The SMILES string of the molecule is CCCC(CC)Oc1ccc(C(C)(C)C)cc1NC(=O)/C(=N/N)C(C)=Nc1cc(C)ccc1OC. The molecular weight excluding hydrogens is 440 g/mol. The monoisotopic (exact) mass is 480 g/mol. The van der Waals surface area contributed by atoms with Gasteiger partial charge in [0.2, 0.25) is 0 Å². The number of aryl methyl sites for hydroxylation is 1. The summed E-state index contributed by atoms with van der Waals surface area (Å²) in [6.45, 7) is 14.3. The van der Waals surface area contributed by atoms with E-state index in [9.17, 15) is 4.79 Å². The first-order valence-corrected chi connectivity index (χ1v) is 12.1. The van der Waals surface area contributed by atoms with E-state index < -0.39 is 5.91 Å². The lowest BCUT2D eigenvalue weighted by Gasteiger charge is -2.24. The molecule has 0 radical (unpaired) electrons. The van der Waals surface area contributed by atoms with E-state index in [0.29, 0.717) is 28.6 Å². The maximum absolute atomic E-state index is 13.3. The van der Waals surface area contributed by atoms with Gasteiger partial charge in [-0.25, -0.2) is 4.99 Å². The van der Waals surface area contributed by atoms with E-state index in [1.165, 1.54) is 0 Å². The van der Waals surface area contributed by atoms with Crippen LogP contribution in [0.15, 0.2) is 46.5 Å². The lowest BCUT2D eigenvalue weighted by atomic mass is 9.86. The first kappa shape index (κ1) is 27.9. The Hall–Kier alpha value is -3.35. The number of methoxy groups -OCH3 is 1. The van der Waals surface area contributed by atoms with E-state index in [2.05, 4.69) is 50.0 Å². The van der Waals surface area contributed by atoms with Gasteiger partial charge in [-0.3, -0.25) is 4.79 Å². The highest BCUT2D eigenvalue weighted by atomic mass is 16.5. The number of aliphatic imine (C=N–C) groups is 1. The van der Waals surface area contributed by atoms with Crippen molar-refractivity contribution in [2.24, 2.45) is 15.9 Å². The van der Waals surface area contributed by atoms with Crippen LogP contribution >= 0.6 is 0 Å². The number of benzene rings is 2. The Balaban J connectivity index is 2.42. The fourth-order valence-electron chi connectivity index (χ4n) is 3.66. The van der Waals surface area contributed by atoms with Gasteiger partial charge in [0.05, 0.1) is 24.6 Å². The molecule has 1 amide bonds. The van der Waals surface area contributed by atoms with Gasteiger partial charge >= 0.3 is 0 Å². The zero-order chi connectivity index (χ0) is 26.2. The fourth-order valence-corrected chi connectivity index (χ4v) is 3.66. The lowest BCUT2D eigenvalue weighted by molar-refractivity contribution is -0.110. The third-order valence-electron chi connectivity index (χ3n) is 5.76. The zero-order valence-electron chi connectivity index (χ0n) is 22.4. The molecule has 0 bridgehead atoms. The predicted molar refractivity (Wildman–Crippen MR) is 146 cm³/mol. The van der Waals surface area contributed by atoms with Crippen LogP contribution in [0, 0.1) is 6.92 Å². The van der Waals surface area contributed by atoms with Gasteiger partial charge in [0.25, 0.3) is 5.91 Å². The molecule has 0 aliphatic carbocycles. The summed E-state index contributed by atoms with van der Waals surface area (Å²) in [6, 6.07) is 11.6. The van der Waals surface area contributed by atoms with Crippen molar-refractivity contribution in [2.45, 2.75) is 79.2 Å². The molecule has 2 aromatic rings.